The molecule has 0 aliphatic carbocycles. The van der Waals surface area contributed by atoms with E-state index in [1.807, 2.05) is 13.0 Å². The predicted molar refractivity (Wildman–Crippen MR) is 71.7 cm³/mol. The second-order valence-corrected chi connectivity index (χ2v) is 5.08. The Morgan fingerprint density at radius 3 is 2.67 bits per heavy atom. The summed E-state index contributed by atoms with van der Waals surface area (Å²) in [6, 6.07) is 4.94. The van der Waals surface area contributed by atoms with Crippen molar-refractivity contribution in [3.05, 3.63) is 35.1 Å². The van der Waals surface area contributed by atoms with Crippen molar-refractivity contribution in [2.45, 2.75) is 27.2 Å². The van der Waals surface area contributed by atoms with Gasteiger partial charge >= 0.3 is 0 Å². The van der Waals surface area contributed by atoms with E-state index >= 15 is 0 Å². The number of anilines is 1. The monoisotopic (exact) mass is 247 g/mol. The first-order valence-corrected chi connectivity index (χ1v) is 6.07. The summed E-state index contributed by atoms with van der Waals surface area (Å²) in [5, 5.41) is 6.94. The van der Waals surface area contributed by atoms with E-state index in [4.69, 9.17) is 5.73 Å². The van der Waals surface area contributed by atoms with E-state index in [1.54, 1.807) is 0 Å². The number of halogens is 1. The summed E-state index contributed by atoms with van der Waals surface area (Å²) in [5.41, 5.74) is 9.34. The maximum absolute atomic E-state index is 13.4. The summed E-state index contributed by atoms with van der Waals surface area (Å²) in [5.74, 6) is 0.729. The summed E-state index contributed by atoms with van der Waals surface area (Å²) >= 11 is 0. The van der Waals surface area contributed by atoms with E-state index in [-0.39, 0.29) is 5.82 Å². The molecule has 2 rings (SSSR count). The van der Waals surface area contributed by atoms with Crippen LogP contribution in [0.2, 0.25) is 0 Å². The molecule has 1 aromatic carbocycles. The number of aryl methyl sites for hydroxylation is 1. The summed E-state index contributed by atoms with van der Waals surface area (Å²) in [4.78, 5) is 0. The largest absolute Gasteiger partial charge is 0.382 e. The average Bonchev–Trinajstić information content (AvgIpc) is 2.58. The van der Waals surface area contributed by atoms with Crippen LogP contribution in [-0.4, -0.2) is 10.2 Å². The van der Waals surface area contributed by atoms with Crippen LogP contribution in [0.4, 0.5) is 10.2 Å². The standard InChI is InChI=1S/C14H18FN3/c1-8(2)4-12-13(17-18-14(12)16)10-5-9(3)6-11(15)7-10/h5-8H,4H2,1-3H3,(H3,16,17,18). The molecule has 0 saturated heterocycles. The predicted octanol–water partition coefficient (Wildman–Crippen LogP) is 3.30. The fraction of sp³-hybridized carbons (Fsp3) is 0.357. The highest BCUT2D eigenvalue weighted by Gasteiger charge is 2.14. The van der Waals surface area contributed by atoms with Gasteiger partial charge < -0.3 is 5.73 Å². The van der Waals surface area contributed by atoms with Gasteiger partial charge in [0.25, 0.3) is 0 Å². The molecular weight excluding hydrogens is 229 g/mol. The lowest BCUT2D eigenvalue weighted by Crippen LogP contribution is -1.99. The first-order valence-electron chi connectivity index (χ1n) is 6.07. The molecular formula is C14H18FN3. The van der Waals surface area contributed by atoms with Crippen LogP contribution < -0.4 is 5.73 Å². The van der Waals surface area contributed by atoms with Gasteiger partial charge in [-0.15, -0.1) is 0 Å². The van der Waals surface area contributed by atoms with Crippen molar-refractivity contribution in [1.82, 2.24) is 10.2 Å². The molecule has 1 aromatic heterocycles. The molecule has 1 heterocycles. The van der Waals surface area contributed by atoms with Crippen LogP contribution in [0.3, 0.4) is 0 Å². The fourth-order valence-corrected chi connectivity index (χ4v) is 2.11. The molecule has 0 bridgehead atoms. The number of nitrogen functional groups attached to an aromatic ring is 1. The van der Waals surface area contributed by atoms with Crippen molar-refractivity contribution in [1.29, 1.82) is 0 Å². The van der Waals surface area contributed by atoms with Crippen LogP contribution in [0.25, 0.3) is 11.3 Å². The van der Waals surface area contributed by atoms with Crippen LogP contribution in [0.15, 0.2) is 18.2 Å². The molecule has 0 atom stereocenters. The van der Waals surface area contributed by atoms with E-state index < -0.39 is 0 Å². The van der Waals surface area contributed by atoms with Crippen molar-refractivity contribution >= 4 is 5.82 Å². The summed E-state index contributed by atoms with van der Waals surface area (Å²) in [6.07, 6.45) is 0.827. The van der Waals surface area contributed by atoms with Crippen LogP contribution in [-0.2, 0) is 6.42 Å². The molecule has 2 aromatic rings. The first kappa shape index (κ1) is 12.6. The van der Waals surface area contributed by atoms with Gasteiger partial charge in [0.1, 0.15) is 11.6 Å². The Labute approximate surface area is 106 Å². The van der Waals surface area contributed by atoms with Gasteiger partial charge in [-0.05, 0) is 43.0 Å². The summed E-state index contributed by atoms with van der Waals surface area (Å²) < 4.78 is 13.4. The third-order valence-electron chi connectivity index (χ3n) is 2.84. The molecule has 4 heteroatoms. The van der Waals surface area contributed by atoms with Crippen molar-refractivity contribution in [3.8, 4) is 11.3 Å². The van der Waals surface area contributed by atoms with Gasteiger partial charge in [-0.1, -0.05) is 13.8 Å². The van der Waals surface area contributed by atoms with Crippen molar-refractivity contribution in [3.63, 3.8) is 0 Å². The number of aromatic amines is 1. The van der Waals surface area contributed by atoms with Crippen molar-refractivity contribution < 1.29 is 4.39 Å². The lowest BCUT2D eigenvalue weighted by Gasteiger charge is -2.08. The molecule has 0 aliphatic heterocycles. The number of H-pyrrole nitrogens is 1. The number of benzene rings is 1. The van der Waals surface area contributed by atoms with Crippen LogP contribution in [0.5, 0.6) is 0 Å². The zero-order valence-corrected chi connectivity index (χ0v) is 10.9. The van der Waals surface area contributed by atoms with Gasteiger partial charge in [0.2, 0.25) is 0 Å². The Balaban J connectivity index is 2.50. The molecule has 0 unspecified atom stereocenters. The minimum atomic E-state index is -0.242. The zero-order chi connectivity index (χ0) is 13.3. The summed E-state index contributed by atoms with van der Waals surface area (Å²) in [6.45, 7) is 6.11. The Bertz CT molecular complexity index is 538. The SMILES string of the molecule is Cc1cc(F)cc(-c2[nH]nc(N)c2CC(C)C)c1. The minimum absolute atomic E-state index is 0.242. The Hall–Kier alpha value is -1.84. The van der Waals surface area contributed by atoms with E-state index in [2.05, 4.69) is 24.0 Å². The molecule has 96 valence electrons. The fourth-order valence-electron chi connectivity index (χ4n) is 2.11. The highest BCUT2D eigenvalue weighted by atomic mass is 19.1. The van der Waals surface area contributed by atoms with Crippen LogP contribution >= 0.6 is 0 Å². The van der Waals surface area contributed by atoms with Gasteiger partial charge in [0.05, 0.1) is 5.69 Å². The molecule has 0 radical (unpaired) electrons. The highest BCUT2D eigenvalue weighted by Crippen LogP contribution is 2.28. The van der Waals surface area contributed by atoms with Crippen LogP contribution in [0, 0.1) is 18.7 Å². The van der Waals surface area contributed by atoms with Gasteiger partial charge in [-0.3, -0.25) is 5.10 Å². The third kappa shape index (κ3) is 2.53. The lowest BCUT2D eigenvalue weighted by atomic mass is 9.98. The molecule has 0 amide bonds. The molecule has 3 nitrogen and oxygen atoms in total. The third-order valence-corrected chi connectivity index (χ3v) is 2.84. The number of nitrogens with zero attached hydrogens (tertiary/aromatic N) is 1. The topological polar surface area (TPSA) is 54.7 Å². The van der Waals surface area contributed by atoms with Gasteiger partial charge in [-0.2, -0.15) is 5.10 Å². The number of hydrogen-bond donors (Lipinski definition) is 2. The molecule has 0 saturated carbocycles. The van der Waals surface area contributed by atoms with Crippen molar-refractivity contribution in [2.75, 3.05) is 5.73 Å². The van der Waals surface area contributed by atoms with E-state index in [9.17, 15) is 4.39 Å². The van der Waals surface area contributed by atoms with E-state index in [1.165, 1.54) is 12.1 Å². The molecule has 18 heavy (non-hydrogen) atoms. The summed E-state index contributed by atoms with van der Waals surface area (Å²) in [7, 11) is 0. The second kappa shape index (κ2) is 4.80. The van der Waals surface area contributed by atoms with Crippen molar-refractivity contribution in [2.24, 2.45) is 5.92 Å². The number of aromatic nitrogens is 2. The van der Waals surface area contributed by atoms with E-state index in [0.29, 0.717) is 11.7 Å². The number of nitrogens with two attached hydrogens (primary N) is 1. The quantitative estimate of drug-likeness (QED) is 0.874. The molecule has 3 N–H and O–H groups in total. The number of rotatable bonds is 3. The maximum atomic E-state index is 13.4. The maximum Gasteiger partial charge on any atom is 0.149 e. The number of hydrogen-bond acceptors (Lipinski definition) is 2. The van der Waals surface area contributed by atoms with Crippen LogP contribution in [0.1, 0.15) is 25.0 Å². The smallest absolute Gasteiger partial charge is 0.149 e. The Morgan fingerprint density at radius 1 is 1.33 bits per heavy atom. The molecule has 0 spiro atoms. The molecule has 0 aliphatic rings. The second-order valence-electron chi connectivity index (χ2n) is 5.08. The number of nitrogens with one attached hydrogen (secondary N) is 1. The lowest BCUT2D eigenvalue weighted by molar-refractivity contribution is 0.627. The first-order chi connectivity index (χ1) is 8.47. The van der Waals surface area contributed by atoms with Gasteiger partial charge in [-0.25, -0.2) is 4.39 Å². The van der Waals surface area contributed by atoms with Gasteiger partial charge in [0, 0.05) is 11.1 Å². The zero-order valence-electron chi connectivity index (χ0n) is 10.9. The van der Waals surface area contributed by atoms with E-state index in [0.717, 1.165) is 28.8 Å². The minimum Gasteiger partial charge on any atom is -0.382 e. The Morgan fingerprint density at radius 2 is 2.06 bits per heavy atom. The Kier molecular flexibility index (Phi) is 3.36. The average molecular weight is 247 g/mol. The van der Waals surface area contributed by atoms with Gasteiger partial charge in [0.15, 0.2) is 0 Å². The highest BCUT2D eigenvalue weighted by molar-refractivity contribution is 5.68. The molecule has 0 fully saturated rings. The normalized spacial score (nSPS) is 11.2.